The predicted octanol–water partition coefficient (Wildman–Crippen LogP) is 4.97. The lowest BCUT2D eigenvalue weighted by molar-refractivity contribution is 0.402. The van der Waals surface area contributed by atoms with Crippen LogP contribution in [0, 0.1) is 0 Å². The summed E-state index contributed by atoms with van der Waals surface area (Å²) in [6.07, 6.45) is 3.60. The average Bonchev–Trinajstić information content (AvgIpc) is 3.18. The van der Waals surface area contributed by atoms with Gasteiger partial charge in [-0.1, -0.05) is 18.2 Å². The first kappa shape index (κ1) is 25.3. The second-order valence-electron chi connectivity index (χ2n) is 7.44. The quantitative estimate of drug-likeness (QED) is 0.380. The molecule has 168 valence electrons. The molecule has 4 rings (SSSR count). The highest BCUT2D eigenvalue weighted by molar-refractivity contribution is 5.85. The highest BCUT2D eigenvalue weighted by Crippen LogP contribution is 2.25. The number of methoxy groups -OCH3 is 1. The highest BCUT2D eigenvalue weighted by Gasteiger charge is 2.15. The average molecular weight is 472 g/mol. The summed E-state index contributed by atoms with van der Waals surface area (Å²) in [6.45, 7) is 1.50. The third-order valence-corrected chi connectivity index (χ3v) is 4.79. The van der Waals surface area contributed by atoms with Crippen LogP contribution in [0.3, 0.4) is 0 Å². The Hall–Kier alpha value is -2.93. The molecule has 0 bridgehead atoms. The van der Waals surface area contributed by atoms with E-state index in [0.29, 0.717) is 12.4 Å². The first-order valence-electron chi connectivity index (χ1n) is 9.84. The minimum atomic E-state index is 0. The molecule has 0 aliphatic heterocycles. The number of nitrogens with zero attached hydrogens (tertiary/aromatic N) is 5. The van der Waals surface area contributed by atoms with Crippen molar-refractivity contribution < 1.29 is 4.74 Å². The van der Waals surface area contributed by atoms with Gasteiger partial charge in [-0.3, -0.25) is 4.98 Å². The van der Waals surface area contributed by atoms with Gasteiger partial charge >= 0.3 is 0 Å². The molecule has 2 heterocycles. The van der Waals surface area contributed by atoms with Crippen LogP contribution in [0.4, 0.5) is 0 Å². The molecule has 0 atom stereocenters. The van der Waals surface area contributed by atoms with E-state index in [1.165, 1.54) is 5.56 Å². The second kappa shape index (κ2) is 11.6. The summed E-state index contributed by atoms with van der Waals surface area (Å²) in [5.74, 6) is 2.35. The van der Waals surface area contributed by atoms with Crippen LogP contribution in [-0.4, -0.2) is 45.9 Å². The van der Waals surface area contributed by atoms with Crippen molar-refractivity contribution in [2.24, 2.45) is 0 Å². The van der Waals surface area contributed by atoms with Crippen LogP contribution in [0.1, 0.15) is 11.1 Å². The highest BCUT2D eigenvalue weighted by atomic mass is 35.5. The van der Waals surface area contributed by atoms with Crippen LogP contribution in [0.5, 0.6) is 5.75 Å². The standard InChI is InChI=1S/C24H25N5O.2ClH/c1-28(2)16-19-5-4-6-21(15-19)24-26-23(20-7-9-22(30-3)10-8-20)27-29(24)17-18-11-13-25-14-12-18;;/h4-15H,16-17H2,1-3H3;2*1H. The fraction of sp³-hybridized carbons (Fsp3) is 0.208. The maximum atomic E-state index is 5.27. The van der Waals surface area contributed by atoms with Gasteiger partial charge in [0.05, 0.1) is 13.7 Å². The summed E-state index contributed by atoms with van der Waals surface area (Å²) >= 11 is 0. The van der Waals surface area contributed by atoms with Crippen LogP contribution in [-0.2, 0) is 13.1 Å². The third-order valence-electron chi connectivity index (χ3n) is 4.79. The number of hydrogen-bond acceptors (Lipinski definition) is 5. The molecule has 4 aromatic rings. The lowest BCUT2D eigenvalue weighted by atomic mass is 10.1. The zero-order valence-electron chi connectivity index (χ0n) is 18.3. The molecule has 0 saturated heterocycles. The van der Waals surface area contributed by atoms with Gasteiger partial charge < -0.3 is 9.64 Å². The van der Waals surface area contributed by atoms with Crippen LogP contribution < -0.4 is 4.74 Å². The van der Waals surface area contributed by atoms with Crippen LogP contribution in [0.2, 0.25) is 0 Å². The van der Waals surface area contributed by atoms with E-state index in [4.69, 9.17) is 14.8 Å². The smallest absolute Gasteiger partial charge is 0.181 e. The van der Waals surface area contributed by atoms with E-state index in [1.54, 1.807) is 19.5 Å². The second-order valence-corrected chi connectivity index (χ2v) is 7.44. The van der Waals surface area contributed by atoms with Gasteiger partial charge in [-0.25, -0.2) is 9.67 Å². The van der Waals surface area contributed by atoms with Crippen molar-refractivity contribution in [3.63, 3.8) is 0 Å². The molecule has 2 aromatic heterocycles. The van der Waals surface area contributed by atoms with Gasteiger partial charge in [-0.05, 0) is 67.7 Å². The Balaban J connectivity index is 0.00000181. The fourth-order valence-corrected chi connectivity index (χ4v) is 3.36. The number of benzene rings is 2. The first-order chi connectivity index (χ1) is 14.6. The molecule has 0 N–H and O–H groups in total. The molecule has 0 radical (unpaired) electrons. The van der Waals surface area contributed by atoms with Gasteiger partial charge in [0.1, 0.15) is 5.75 Å². The molecule has 0 unspecified atom stereocenters. The van der Waals surface area contributed by atoms with Crippen LogP contribution in [0.25, 0.3) is 22.8 Å². The molecule has 32 heavy (non-hydrogen) atoms. The number of ether oxygens (including phenoxy) is 1. The van der Waals surface area contributed by atoms with Crippen molar-refractivity contribution in [2.75, 3.05) is 21.2 Å². The Kier molecular flexibility index (Phi) is 9.20. The Morgan fingerprint density at radius 3 is 2.25 bits per heavy atom. The van der Waals surface area contributed by atoms with Crippen molar-refractivity contribution in [3.8, 4) is 28.5 Å². The molecule has 6 nitrogen and oxygen atoms in total. The number of hydrogen-bond donors (Lipinski definition) is 0. The van der Waals surface area contributed by atoms with E-state index < -0.39 is 0 Å². The van der Waals surface area contributed by atoms with E-state index in [-0.39, 0.29) is 24.8 Å². The van der Waals surface area contributed by atoms with E-state index in [2.05, 4.69) is 48.2 Å². The molecule has 0 spiro atoms. The fourth-order valence-electron chi connectivity index (χ4n) is 3.36. The van der Waals surface area contributed by atoms with E-state index in [1.807, 2.05) is 41.1 Å². The minimum Gasteiger partial charge on any atom is -0.497 e. The Morgan fingerprint density at radius 2 is 1.59 bits per heavy atom. The molecular weight excluding hydrogens is 445 g/mol. The first-order valence-corrected chi connectivity index (χ1v) is 9.84. The molecule has 2 aromatic carbocycles. The summed E-state index contributed by atoms with van der Waals surface area (Å²) in [5.41, 5.74) is 4.37. The van der Waals surface area contributed by atoms with Crippen molar-refractivity contribution in [1.29, 1.82) is 0 Å². The predicted molar refractivity (Wildman–Crippen MR) is 133 cm³/mol. The molecule has 0 amide bonds. The Bertz CT molecular complexity index is 1110. The maximum Gasteiger partial charge on any atom is 0.181 e. The van der Waals surface area contributed by atoms with Gasteiger partial charge in [-0.15, -0.1) is 24.8 Å². The molecule has 0 aliphatic rings. The van der Waals surface area contributed by atoms with Crippen LogP contribution >= 0.6 is 24.8 Å². The van der Waals surface area contributed by atoms with Crippen molar-refractivity contribution in [3.05, 3.63) is 84.2 Å². The van der Waals surface area contributed by atoms with E-state index >= 15 is 0 Å². The van der Waals surface area contributed by atoms with E-state index in [9.17, 15) is 0 Å². The molecule has 0 saturated carbocycles. The zero-order chi connectivity index (χ0) is 20.9. The zero-order valence-corrected chi connectivity index (χ0v) is 19.9. The lowest BCUT2D eigenvalue weighted by Gasteiger charge is -2.11. The molecule has 0 aliphatic carbocycles. The third kappa shape index (κ3) is 6.07. The summed E-state index contributed by atoms with van der Waals surface area (Å²) in [6, 6.07) is 20.3. The van der Waals surface area contributed by atoms with Crippen molar-refractivity contribution in [1.82, 2.24) is 24.6 Å². The Labute approximate surface area is 201 Å². The van der Waals surface area contributed by atoms with E-state index in [0.717, 1.165) is 34.8 Å². The SMILES string of the molecule is COc1ccc(-c2nc(-c3cccc(CN(C)C)c3)n(Cc3ccncc3)n2)cc1.Cl.Cl. The molecule has 8 heteroatoms. The van der Waals surface area contributed by atoms with Crippen molar-refractivity contribution >= 4 is 24.8 Å². The van der Waals surface area contributed by atoms with Crippen molar-refractivity contribution in [2.45, 2.75) is 13.1 Å². The minimum absolute atomic E-state index is 0. The summed E-state index contributed by atoms with van der Waals surface area (Å²) < 4.78 is 7.23. The van der Waals surface area contributed by atoms with Gasteiger partial charge in [0.25, 0.3) is 0 Å². The number of rotatable bonds is 7. The van der Waals surface area contributed by atoms with Crippen LogP contribution in [0.15, 0.2) is 73.1 Å². The van der Waals surface area contributed by atoms with Gasteiger partial charge in [0, 0.05) is 30.1 Å². The number of halogens is 2. The molecule has 0 fully saturated rings. The van der Waals surface area contributed by atoms with Gasteiger partial charge in [0.2, 0.25) is 0 Å². The lowest BCUT2D eigenvalue weighted by Crippen LogP contribution is -2.10. The Morgan fingerprint density at radius 1 is 0.875 bits per heavy atom. The summed E-state index contributed by atoms with van der Waals surface area (Å²) in [7, 11) is 5.80. The maximum absolute atomic E-state index is 5.27. The topological polar surface area (TPSA) is 56.1 Å². The number of pyridine rings is 1. The molecular formula is C24H27Cl2N5O. The normalized spacial score (nSPS) is 10.4. The largest absolute Gasteiger partial charge is 0.497 e. The van der Waals surface area contributed by atoms with Gasteiger partial charge in [-0.2, -0.15) is 5.10 Å². The summed E-state index contributed by atoms with van der Waals surface area (Å²) in [5, 5.41) is 4.83. The van der Waals surface area contributed by atoms with Gasteiger partial charge in [0.15, 0.2) is 11.6 Å². The summed E-state index contributed by atoms with van der Waals surface area (Å²) in [4.78, 5) is 11.2. The monoisotopic (exact) mass is 471 g/mol. The number of aromatic nitrogens is 4.